The van der Waals surface area contributed by atoms with E-state index in [1.165, 1.54) is 6.20 Å². The quantitative estimate of drug-likeness (QED) is 0.504. The number of aromatic nitrogens is 2. The van der Waals surface area contributed by atoms with E-state index in [4.69, 9.17) is 4.84 Å². The summed E-state index contributed by atoms with van der Waals surface area (Å²) in [4.78, 5) is 38.4. The van der Waals surface area contributed by atoms with Crippen LogP contribution in [0, 0.1) is 5.82 Å². The van der Waals surface area contributed by atoms with Gasteiger partial charge in [0.25, 0.3) is 0 Å². The summed E-state index contributed by atoms with van der Waals surface area (Å²) in [7, 11) is 3.87. The molecule has 10 heteroatoms. The molecule has 0 radical (unpaired) electrons. The molecule has 3 aromatic rings. The van der Waals surface area contributed by atoms with E-state index in [9.17, 15) is 14.7 Å². The molecule has 2 aromatic heterocycles. The molecular weight excluding hydrogens is 465 g/mol. The molecule has 2 fully saturated rings. The Bertz CT molecular complexity index is 1380. The van der Waals surface area contributed by atoms with E-state index in [1.54, 1.807) is 4.57 Å². The fraction of sp³-hybridized carbons (Fsp3) is 0.385. The molecule has 9 nitrogen and oxygen atoms in total. The largest absolute Gasteiger partial charge is 0.477 e. The van der Waals surface area contributed by atoms with Gasteiger partial charge < -0.3 is 19.4 Å². The van der Waals surface area contributed by atoms with Crippen LogP contribution in [0.5, 0.6) is 0 Å². The Morgan fingerprint density at radius 2 is 2.03 bits per heavy atom. The minimum atomic E-state index is -1.33. The van der Waals surface area contributed by atoms with E-state index in [0.717, 1.165) is 30.2 Å². The van der Waals surface area contributed by atoms with Gasteiger partial charge in [0.2, 0.25) is 5.43 Å². The van der Waals surface area contributed by atoms with Crippen molar-refractivity contribution in [1.82, 2.24) is 14.5 Å². The molecule has 1 saturated heterocycles. The molecule has 36 heavy (non-hydrogen) atoms. The number of benzene rings is 1. The first kappa shape index (κ1) is 23.9. The summed E-state index contributed by atoms with van der Waals surface area (Å²) in [6, 6.07) is 10.9. The average molecular weight is 494 g/mol. The van der Waals surface area contributed by atoms with Crippen LogP contribution in [0.4, 0.5) is 10.2 Å². The SMILES string of the molecule is CN(C)C1CN(c2nc3c(cc2F)c(=O)c(C(=O)O)cn3C2CC2)CC/C1=N\OCc1ccccc1. The van der Waals surface area contributed by atoms with Crippen molar-refractivity contribution in [2.75, 3.05) is 32.1 Å². The Balaban J connectivity index is 1.44. The normalized spacial score (nSPS) is 19.3. The van der Waals surface area contributed by atoms with Gasteiger partial charge in [0.1, 0.15) is 17.8 Å². The van der Waals surface area contributed by atoms with Crippen molar-refractivity contribution in [3.8, 4) is 0 Å². The van der Waals surface area contributed by atoms with E-state index in [1.807, 2.05) is 54.2 Å². The van der Waals surface area contributed by atoms with Crippen LogP contribution in [0.3, 0.4) is 0 Å². The minimum absolute atomic E-state index is 0.0132. The maximum absolute atomic E-state index is 15.3. The first-order valence-electron chi connectivity index (χ1n) is 12.0. The van der Waals surface area contributed by atoms with Crippen molar-refractivity contribution in [1.29, 1.82) is 0 Å². The molecular formula is C26H28FN5O4. The number of hydrogen-bond donors (Lipinski definition) is 1. The molecule has 2 aliphatic rings. The summed E-state index contributed by atoms with van der Waals surface area (Å²) in [6.45, 7) is 1.29. The van der Waals surface area contributed by atoms with Crippen molar-refractivity contribution in [2.45, 2.75) is 38.0 Å². The summed E-state index contributed by atoms with van der Waals surface area (Å²) in [5.41, 5.74) is 1.12. The number of carboxylic acid groups (broad SMARTS) is 1. The predicted octanol–water partition coefficient (Wildman–Crippen LogP) is 3.28. The van der Waals surface area contributed by atoms with Crippen LogP contribution in [-0.2, 0) is 11.4 Å². The third kappa shape index (κ3) is 4.68. The zero-order valence-electron chi connectivity index (χ0n) is 20.2. The molecule has 5 rings (SSSR count). The van der Waals surface area contributed by atoms with Gasteiger partial charge in [-0.1, -0.05) is 35.5 Å². The second kappa shape index (κ2) is 9.69. The van der Waals surface area contributed by atoms with Gasteiger partial charge in [-0.3, -0.25) is 9.69 Å². The zero-order chi connectivity index (χ0) is 25.4. The van der Waals surface area contributed by atoms with Crippen LogP contribution in [-0.4, -0.2) is 64.5 Å². The number of rotatable bonds is 7. The molecule has 1 aliphatic carbocycles. The van der Waals surface area contributed by atoms with Gasteiger partial charge >= 0.3 is 5.97 Å². The number of carboxylic acids is 1. The molecule has 0 amide bonds. The number of likely N-dealkylation sites (N-methyl/N-ethyl adjacent to an activating group) is 1. The standard InChI is InChI=1S/C26H28FN5O4/c1-30(2)22-14-31(11-10-21(22)29-36-15-16-6-4-3-5-7-16)25-20(27)12-18-23(33)19(26(34)35)13-32(17-8-9-17)24(18)28-25/h3-7,12-13,17,22H,8-11,14-15H2,1-2H3,(H,34,35)/b29-21+. The molecule has 1 aliphatic heterocycles. The number of pyridine rings is 2. The lowest BCUT2D eigenvalue weighted by Gasteiger charge is -2.37. The smallest absolute Gasteiger partial charge is 0.341 e. The number of oxime groups is 1. The lowest BCUT2D eigenvalue weighted by molar-refractivity contribution is 0.0695. The topological polar surface area (TPSA) is 100 Å². The number of nitrogens with zero attached hydrogens (tertiary/aromatic N) is 5. The van der Waals surface area contributed by atoms with Gasteiger partial charge in [-0.15, -0.1) is 0 Å². The fourth-order valence-corrected chi connectivity index (χ4v) is 4.59. The van der Waals surface area contributed by atoms with Crippen molar-refractivity contribution in [3.05, 3.63) is 69.8 Å². The Kier molecular flexibility index (Phi) is 6.44. The Morgan fingerprint density at radius 3 is 2.69 bits per heavy atom. The van der Waals surface area contributed by atoms with Crippen LogP contribution in [0.1, 0.15) is 41.2 Å². The van der Waals surface area contributed by atoms with Crippen LogP contribution in [0.25, 0.3) is 11.0 Å². The summed E-state index contributed by atoms with van der Waals surface area (Å²) >= 11 is 0. The van der Waals surface area contributed by atoms with Crippen LogP contribution in [0.2, 0.25) is 0 Å². The van der Waals surface area contributed by atoms with Gasteiger partial charge in [-0.25, -0.2) is 14.2 Å². The van der Waals surface area contributed by atoms with E-state index >= 15 is 4.39 Å². The minimum Gasteiger partial charge on any atom is -0.477 e. The zero-order valence-corrected chi connectivity index (χ0v) is 20.2. The van der Waals surface area contributed by atoms with Gasteiger partial charge in [0, 0.05) is 31.7 Å². The first-order chi connectivity index (χ1) is 17.3. The van der Waals surface area contributed by atoms with Crippen LogP contribution < -0.4 is 10.3 Å². The third-order valence-corrected chi connectivity index (χ3v) is 6.70. The Morgan fingerprint density at radius 1 is 1.28 bits per heavy atom. The highest BCUT2D eigenvalue weighted by Gasteiger charge is 2.32. The van der Waals surface area contributed by atoms with Crippen molar-refractivity contribution < 1.29 is 19.1 Å². The van der Waals surface area contributed by atoms with E-state index in [-0.39, 0.29) is 28.9 Å². The van der Waals surface area contributed by atoms with Gasteiger partial charge in [0.05, 0.1) is 17.1 Å². The van der Waals surface area contributed by atoms with Gasteiger partial charge in [0.15, 0.2) is 11.6 Å². The molecule has 0 spiro atoms. The van der Waals surface area contributed by atoms with Crippen LogP contribution in [0.15, 0.2) is 52.5 Å². The second-order valence-corrected chi connectivity index (χ2v) is 9.50. The van der Waals surface area contributed by atoms with E-state index in [2.05, 4.69) is 10.1 Å². The van der Waals surface area contributed by atoms with Gasteiger partial charge in [-0.2, -0.15) is 0 Å². The lowest BCUT2D eigenvalue weighted by Crippen LogP contribution is -2.51. The third-order valence-electron chi connectivity index (χ3n) is 6.70. The van der Waals surface area contributed by atoms with Gasteiger partial charge in [-0.05, 0) is 38.6 Å². The number of anilines is 1. The Hall–Kier alpha value is -3.79. The summed E-state index contributed by atoms with van der Waals surface area (Å²) in [6.07, 6.45) is 3.62. The molecule has 1 atom stereocenters. The van der Waals surface area contributed by atoms with E-state index < -0.39 is 17.2 Å². The van der Waals surface area contributed by atoms with Crippen molar-refractivity contribution >= 4 is 28.5 Å². The maximum Gasteiger partial charge on any atom is 0.341 e. The number of fused-ring (bicyclic) bond motifs is 1. The lowest BCUT2D eigenvalue weighted by atomic mass is 10.0. The first-order valence-corrected chi connectivity index (χ1v) is 12.0. The highest BCUT2D eigenvalue weighted by Crippen LogP contribution is 2.37. The number of aromatic carboxylic acids is 1. The fourth-order valence-electron chi connectivity index (χ4n) is 4.59. The molecule has 1 unspecified atom stereocenters. The summed E-state index contributed by atoms with van der Waals surface area (Å²) < 4.78 is 17.0. The number of hydrogen-bond acceptors (Lipinski definition) is 7. The number of carbonyl (C=O) groups is 1. The monoisotopic (exact) mass is 493 g/mol. The molecule has 188 valence electrons. The van der Waals surface area contributed by atoms with Crippen LogP contribution >= 0.6 is 0 Å². The van der Waals surface area contributed by atoms with Crippen molar-refractivity contribution in [2.24, 2.45) is 5.16 Å². The predicted molar refractivity (Wildman–Crippen MR) is 134 cm³/mol. The number of piperidine rings is 1. The Labute approximate surface area is 207 Å². The molecule has 1 saturated carbocycles. The highest BCUT2D eigenvalue weighted by molar-refractivity contribution is 5.93. The summed E-state index contributed by atoms with van der Waals surface area (Å²) in [5, 5.41) is 13.8. The second-order valence-electron chi connectivity index (χ2n) is 9.50. The average Bonchev–Trinajstić information content (AvgIpc) is 3.70. The molecule has 1 aromatic carbocycles. The maximum atomic E-state index is 15.3. The molecule has 0 bridgehead atoms. The molecule has 1 N–H and O–H groups in total. The van der Waals surface area contributed by atoms with E-state index in [0.29, 0.717) is 31.8 Å². The number of halogens is 1. The van der Waals surface area contributed by atoms with Crippen molar-refractivity contribution in [3.63, 3.8) is 0 Å². The summed E-state index contributed by atoms with van der Waals surface area (Å²) in [5.74, 6) is -1.83. The molecule has 3 heterocycles. The highest BCUT2D eigenvalue weighted by atomic mass is 19.1.